The van der Waals surface area contributed by atoms with E-state index >= 15 is 0 Å². The molecule has 0 atom stereocenters. The molecule has 0 aliphatic heterocycles. The second-order valence-electron chi connectivity index (χ2n) is 4.99. The summed E-state index contributed by atoms with van der Waals surface area (Å²) in [5.74, 6) is -0.648. The molecule has 0 saturated heterocycles. The van der Waals surface area contributed by atoms with Gasteiger partial charge in [-0.05, 0) is 30.5 Å². The van der Waals surface area contributed by atoms with E-state index < -0.39 is 21.5 Å². The van der Waals surface area contributed by atoms with E-state index in [1.807, 2.05) is 0 Å². The average Bonchev–Trinajstić information content (AvgIpc) is 3.17. The molecule has 0 amide bonds. The van der Waals surface area contributed by atoms with Crippen LogP contribution in [0.1, 0.15) is 28.8 Å². The summed E-state index contributed by atoms with van der Waals surface area (Å²) >= 11 is 0. The molecular weight excluding hydrogens is 282 g/mol. The highest BCUT2D eigenvalue weighted by Gasteiger charge is 2.45. The average molecular weight is 299 g/mol. The van der Waals surface area contributed by atoms with E-state index in [1.54, 1.807) is 12.1 Å². The lowest BCUT2D eigenvalue weighted by molar-refractivity contribution is 0.0600. The number of nitrogens with one attached hydrogen (secondary N) is 1. The van der Waals surface area contributed by atoms with Crippen LogP contribution in [0.3, 0.4) is 0 Å². The highest BCUT2D eigenvalue weighted by molar-refractivity contribution is 7.88. The predicted molar refractivity (Wildman–Crippen MR) is 72.6 cm³/mol. The number of sulfonamides is 1. The topological polar surface area (TPSA) is 92.7 Å². The Kier molecular flexibility index (Phi) is 4.12. The minimum atomic E-state index is -3.51. The summed E-state index contributed by atoms with van der Waals surface area (Å²) in [4.78, 5) is 11.3. The molecule has 0 spiro atoms. The number of carbonyl (C=O) groups is 1. The minimum absolute atomic E-state index is 0.184. The van der Waals surface area contributed by atoms with Crippen LogP contribution in [0.4, 0.5) is 0 Å². The van der Waals surface area contributed by atoms with Crippen molar-refractivity contribution < 1.29 is 23.1 Å². The van der Waals surface area contributed by atoms with Crippen molar-refractivity contribution in [2.24, 2.45) is 0 Å². The van der Waals surface area contributed by atoms with E-state index in [2.05, 4.69) is 9.46 Å². The fourth-order valence-electron chi connectivity index (χ4n) is 1.88. The molecule has 1 fully saturated rings. The van der Waals surface area contributed by atoms with Crippen molar-refractivity contribution in [3.05, 3.63) is 35.4 Å². The number of carbonyl (C=O) groups excluding carboxylic acids is 1. The van der Waals surface area contributed by atoms with Gasteiger partial charge in [0.05, 0.1) is 30.6 Å². The van der Waals surface area contributed by atoms with Gasteiger partial charge in [-0.25, -0.2) is 17.9 Å². The van der Waals surface area contributed by atoms with Crippen LogP contribution in [0.15, 0.2) is 24.3 Å². The lowest BCUT2D eigenvalue weighted by Gasteiger charge is -2.14. The van der Waals surface area contributed by atoms with E-state index in [-0.39, 0.29) is 12.4 Å². The zero-order valence-electron chi connectivity index (χ0n) is 11.1. The minimum Gasteiger partial charge on any atom is -0.465 e. The maximum absolute atomic E-state index is 12.0. The quantitative estimate of drug-likeness (QED) is 0.743. The van der Waals surface area contributed by atoms with Gasteiger partial charge in [0.25, 0.3) is 0 Å². The zero-order chi connectivity index (χ0) is 14.8. The summed E-state index contributed by atoms with van der Waals surface area (Å²) in [6.07, 6.45) is 1.31. The maximum atomic E-state index is 12.0. The van der Waals surface area contributed by atoms with Gasteiger partial charge in [0, 0.05) is 0 Å². The Labute approximate surface area is 117 Å². The molecule has 0 bridgehead atoms. The number of aliphatic hydroxyl groups excluding tert-OH is 1. The Hall–Kier alpha value is -1.44. The first-order valence-corrected chi connectivity index (χ1v) is 7.85. The van der Waals surface area contributed by atoms with Crippen LogP contribution in [-0.4, -0.2) is 38.7 Å². The number of aliphatic hydroxyl groups is 1. The number of benzene rings is 1. The maximum Gasteiger partial charge on any atom is 0.337 e. The standard InChI is InChI=1S/C13H17NO5S/c1-19-12(16)11-4-2-10(3-5-11)8-20(17,18)14-13(9-15)6-7-13/h2-5,14-15H,6-9H2,1H3. The van der Waals surface area contributed by atoms with Gasteiger partial charge >= 0.3 is 5.97 Å². The molecule has 1 saturated carbocycles. The molecule has 1 aliphatic carbocycles. The first-order valence-electron chi connectivity index (χ1n) is 6.19. The normalized spacial score (nSPS) is 16.7. The first kappa shape index (κ1) is 15.0. The fourth-order valence-corrected chi connectivity index (χ4v) is 3.52. The van der Waals surface area contributed by atoms with E-state index in [0.717, 1.165) is 0 Å². The Bertz CT molecular complexity index is 590. The zero-order valence-corrected chi connectivity index (χ0v) is 11.9. The number of rotatable bonds is 6. The lowest BCUT2D eigenvalue weighted by Crippen LogP contribution is -2.40. The van der Waals surface area contributed by atoms with Crippen LogP contribution in [0.2, 0.25) is 0 Å². The van der Waals surface area contributed by atoms with Crippen molar-refractivity contribution >= 4 is 16.0 Å². The molecule has 7 heteroatoms. The van der Waals surface area contributed by atoms with Gasteiger partial charge in [0.15, 0.2) is 0 Å². The summed E-state index contributed by atoms with van der Waals surface area (Å²) < 4.78 is 31.0. The largest absolute Gasteiger partial charge is 0.465 e. The van der Waals surface area contributed by atoms with Gasteiger partial charge in [-0.3, -0.25) is 0 Å². The molecule has 0 aromatic heterocycles. The van der Waals surface area contributed by atoms with Gasteiger partial charge in [-0.1, -0.05) is 12.1 Å². The van der Waals surface area contributed by atoms with Gasteiger partial charge in [-0.2, -0.15) is 0 Å². The number of hydrogen-bond acceptors (Lipinski definition) is 5. The second-order valence-corrected chi connectivity index (χ2v) is 6.71. The molecule has 20 heavy (non-hydrogen) atoms. The van der Waals surface area contributed by atoms with Crippen molar-refractivity contribution in [1.29, 1.82) is 0 Å². The first-order chi connectivity index (χ1) is 9.40. The predicted octanol–water partition coefficient (Wildman–Crippen LogP) is 0.417. The fraction of sp³-hybridized carbons (Fsp3) is 0.462. The van der Waals surface area contributed by atoms with E-state index in [9.17, 15) is 13.2 Å². The summed E-state index contributed by atoms with van der Waals surface area (Å²) in [6, 6.07) is 6.19. The van der Waals surface area contributed by atoms with Crippen LogP contribution < -0.4 is 4.72 Å². The molecule has 110 valence electrons. The van der Waals surface area contributed by atoms with Crippen molar-refractivity contribution in [1.82, 2.24) is 4.72 Å². The molecule has 0 radical (unpaired) electrons. The van der Waals surface area contributed by atoms with Gasteiger partial charge < -0.3 is 9.84 Å². The molecule has 1 aliphatic rings. The molecule has 6 nitrogen and oxygen atoms in total. The number of methoxy groups -OCH3 is 1. The Morgan fingerprint density at radius 1 is 1.35 bits per heavy atom. The Balaban J connectivity index is 2.04. The van der Waals surface area contributed by atoms with Gasteiger partial charge in [0.1, 0.15) is 0 Å². The molecule has 1 aromatic rings. The van der Waals surface area contributed by atoms with E-state index in [0.29, 0.717) is 24.0 Å². The monoisotopic (exact) mass is 299 g/mol. The molecule has 1 aromatic carbocycles. The molecule has 0 unspecified atom stereocenters. The molecular formula is C13H17NO5S. The van der Waals surface area contributed by atoms with Crippen LogP contribution in [-0.2, 0) is 20.5 Å². The molecule has 2 N–H and O–H groups in total. The SMILES string of the molecule is COC(=O)c1ccc(CS(=O)(=O)NC2(CO)CC2)cc1. The van der Waals surface area contributed by atoms with Crippen molar-refractivity contribution in [2.75, 3.05) is 13.7 Å². The third-order valence-corrected chi connectivity index (χ3v) is 4.72. The van der Waals surface area contributed by atoms with Crippen LogP contribution in [0.25, 0.3) is 0 Å². The lowest BCUT2D eigenvalue weighted by atomic mass is 10.1. The molecule has 2 rings (SSSR count). The highest BCUT2D eigenvalue weighted by Crippen LogP contribution is 2.35. The Morgan fingerprint density at radius 2 is 1.95 bits per heavy atom. The second kappa shape index (κ2) is 5.51. The summed E-state index contributed by atoms with van der Waals surface area (Å²) in [5, 5.41) is 9.13. The number of ether oxygens (including phenoxy) is 1. The smallest absolute Gasteiger partial charge is 0.337 e. The third-order valence-electron chi connectivity index (χ3n) is 3.26. The van der Waals surface area contributed by atoms with Crippen molar-refractivity contribution in [2.45, 2.75) is 24.1 Å². The summed E-state index contributed by atoms with van der Waals surface area (Å²) in [5.41, 5.74) is 0.277. The third kappa shape index (κ3) is 3.56. The van der Waals surface area contributed by atoms with E-state index in [1.165, 1.54) is 19.2 Å². The molecule has 0 heterocycles. The van der Waals surface area contributed by atoms with Crippen molar-refractivity contribution in [3.8, 4) is 0 Å². The van der Waals surface area contributed by atoms with Gasteiger partial charge in [0.2, 0.25) is 10.0 Å². The summed E-state index contributed by atoms with van der Waals surface area (Å²) in [7, 11) is -2.22. The van der Waals surface area contributed by atoms with Crippen molar-refractivity contribution in [3.63, 3.8) is 0 Å². The number of hydrogen-bond donors (Lipinski definition) is 2. The summed E-state index contributed by atoms with van der Waals surface area (Å²) in [6.45, 7) is -0.187. The van der Waals surface area contributed by atoms with E-state index in [4.69, 9.17) is 5.11 Å². The van der Waals surface area contributed by atoms with Gasteiger partial charge in [-0.15, -0.1) is 0 Å². The van der Waals surface area contributed by atoms with Crippen LogP contribution >= 0.6 is 0 Å². The number of esters is 1. The van der Waals surface area contributed by atoms with Crippen LogP contribution in [0, 0.1) is 0 Å². The highest BCUT2D eigenvalue weighted by atomic mass is 32.2. The Morgan fingerprint density at radius 3 is 2.40 bits per heavy atom. The van der Waals surface area contributed by atoms with Crippen LogP contribution in [0.5, 0.6) is 0 Å².